The van der Waals surface area contributed by atoms with Gasteiger partial charge in [0.15, 0.2) is 5.82 Å². The molecule has 1 amide bonds. The highest BCUT2D eigenvalue weighted by Gasteiger charge is 2.23. The largest absolute Gasteiger partial charge is 0.461 e. The van der Waals surface area contributed by atoms with Gasteiger partial charge in [-0.3, -0.25) is 0 Å². The SMILES string of the molecule is CC(Cc1ccc2occ(F)c2c1)N(C)C(=O)OC(C)(C)C. The van der Waals surface area contributed by atoms with Crippen molar-refractivity contribution in [1.29, 1.82) is 0 Å². The maximum atomic E-state index is 13.6. The second-order valence-electron chi connectivity index (χ2n) is 6.56. The fraction of sp³-hybridized carbons (Fsp3) is 0.471. The van der Waals surface area contributed by atoms with Crippen LogP contribution >= 0.6 is 0 Å². The maximum absolute atomic E-state index is 13.6. The Morgan fingerprint density at radius 2 is 2.09 bits per heavy atom. The van der Waals surface area contributed by atoms with Crippen molar-refractivity contribution < 1.29 is 18.3 Å². The molecule has 1 aromatic carbocycles. The molecule has 0 saturated heterocycles. The molecule has 0 fully saturated rings. The van der Waals surface area contributed by atoms with Gasteiger partial charge in [0.25, 0.3) is 0 Å². The van der Waals surface area contributed by atoms with Gasteiger partial charge in [0.1, 0.15) is 17.4 Å². The first kappa shape index (κ1) is 16.3. The highest BCUT2D eigenvalue weighted by atomic mass is 19.1. The lowest BCUT2D eigenvalue weighted by Crippen LogP contribution is -2.40. The Hall–Kier alpha value is -2.04. The minimum absolute atomic E-state index is 0.0673. The molecule has 1 aromatic heterocycles. The molecule has 1 heterocycles. The summed E-state index contributed by atoms with van der Waals surface area (Å²) in [5, 5.41) is 0.463. The molecule has 22 heavy (non-hydrogen) atoms. The fourth-order valence-corrected chi connectivity index (χ4v) is 2.16. The number of rotatable bonds is 3. The molecule has 120 valence electrons. The van der Waals surface area contributed by atoms with E-state index in [2.05, 4.69) is 0 Å². The average molecular weight is 307 g/mol. The first-order chi connectivity index (χ1) is 10.2. The molecule has 1 unspecified atom stereocenters. The van der Waals surface area contributed by atoms with E-state index in [9.17, 15) is 9.18 Å². The number of carbonyl (C=O) groups is 1. The lowest BCUT2D eigenvalue weighted by atomic mass is 10.0. The lowest BCUT2D eigenvalue weighted by molar-refractivity contribution is 0.0236. The molecule has 5 heteroatoms. The molecule has 2 rings (SSSR count). The van der Waals surface area contributed by atoms with E-state index in [0.29, 0.717) is 17.4 Å². The number of hydrogen-bond acceptors (Lipinski definition) is 3. The Balaban J connectivity index is 2.07. The summed E-state index contributed by atoms with van der Waals surface area (Å²) in [6.45, 7) is 7.43. The summed E-state index contributed by atoms with van der Waals surface area (Å²) in [6, 6.07) is 5.31. The molecule has 0 aliphatic heterocycles. The van der Waals surface area contributed by atoms with Gasteiger partial charge < -0.3 is 14.1 Å². The lowest BCUT2D eigenvalue weighted by Gasteiger charge is -2.28. The number of carbonyl (C=O) groups excluding carboxylic acids is 1. The predicted molar refractivity (Wildman–Crippen MR) is 83.3 cm³/mol. The first-order valence-corrected chi connectivity index (χ1v) is 7.29. The van der Waals surface area contributed by atoms with Gasteiger partial charge in [-0.25, -0.2) is 9.18 Å². The molecule has 0 spiro atoms. The van der Waals surface area contributed by atoms with Gasteiger partial charge in [0.05, 0.1) is 5.39 Å². The Kier molecular flexibility index (Phi) is 4.44. The zero-order valence-electron chi connectivity index (χ0n) is 13.6. The van der Waals surface area contributed by atoms with Gasteiger partial charge in [-0.15, -0.1) is 0 Å². The normalized spacial score (nSPS) is 13.2. The van der Waals surface area contributed by atoms with Crippen LogP contribution in [0, 0.1) is 5.82 Å². The molecule has 4 nitrogen and oxygen atoms in total. The smallest absolute Gasteiger partial charge is 0.410 e. The van der Waals surface area contributed by atoms with Crippen molar-refractivity contribution in [3.05, 3.63) is 35.8 Å². The zero-order valence-corrected chi connectivity index (χ0v) is 13.6. The fourth-order valence-electron chi connectivity index (χ4n) is 2.16. The van der Waals surface area contributed by atoms with E-state index in [1.54, 1.807) is 24.1 Å². The number of halogens is 1. The Morgan fingerprint density at radius 3 is 2.73 bits per heavy atom. The summed E-state index contributed by atoms with van der Waals surface area (Å²) in [5.41, 5.74) is 0.939. The van der Waals surface area contributed by atoms with Crippen LogP contribution in [0.1, 0.15) is 33.3 Å². The van der Waals surface area contributed by atoms with Gasteiger partial charge in [-0.05, 0) is 51.8 Å². The molecule has 0 bridgehead atoms. The zero-order chi connectivity index (χ0) is 16.5. The van der Waals surface area contributed by atoms with E-state index >= 15 is 0 Å². The summed E-state index contributed by atoms with van der Waals surface area (Å²) >= 11 is 0. The van der Waals surface area contributed by atoms with Crippen molar-refractivity contribution in [3.63, 3.8) is 0 Å². The van der Waals surface area contributed by atoms with Crippen LogP contribution in [0.25, 0.3) is 11.0 Å². The molecule has 2 aromatic rings. The Morgan fingerprint density at radius 1 is 1.41 bits per heavy atom. The van der Waals surface area contributed by atoms with E-state index in [-0.39, 0.29) is 18.0 Å². The Bertz CT molecular complexity index is 672. The van der Waals surface area contributed by atoms with E-state index in [0.717, 1.165) is 11.8 Å². The van der Waals surface area contributed by atoms with Crippen LogP contribution in [0.15, 0.2) is 28.9 Å². The monoisotopic (exact) mass is 307 g/mol. The average Bonchev–Trinajstić information content (AvgIpc) is 2.77. The number of ether oxygens (including phenoxy) is 1. The summed E-state index contributed by atoms with van der Waals surface area (Å²) in [7, 11) is 1.70. The summed E-state index contributed by atoms with van der Waals surface area (Å²) in [6.07, 6.45) is 1.34. The number of furan rings is 1. The number of hydrogen-bond donors (Lipinski definition) is 0. The molecule has 0 radical (unpaired) electrons. The quantitative estimate of drug-likeness (QED) is 0.845. The van der Waals surface area contributed by atoms with Crippen LogP contribution in [0.2, 0.25) is 0 Å². The maximum Gasteiger partial charge on any atom is 0.410 e. The molecule has 0 saturated carbocycles. The summed E-state index contributed by atoms with van der Waals surface area (Å²) < 4.78 is 24.0. The minimum Gasteiger partial charge on any atom is -0.461 e. The van der Waals surface area contributed by atoms with Crippen molar-refractivity contribution in [3.8, 4) is 0 Å². The van der Waals surface area contributed by atoms with Gasteiger partial charge in [-0.1, -0.05) is 6.07 Å². The standard InChI is InChI=1S/C17H22FNO3/c1-11(19(5)16(20)22-17(2,3)4)8-12-6-7-15-13(9-12)14(18)10-21-15/h6-7,9-11H,8H2,1-5H3. The topological polar surface area (TPSA) is 42.7 Å². The van der Waals surface area contributed by atoms with Crippen molar-refractivity contribution in [2.75, 3.05) is 7.05 Å². The van der Waals surface area contributed by atoms with E-state index in [4.69, 9.17) is 9.15 Å². The van der Waals surface area contributed by atoms with E-state index in [1.165, 1.54) is 0 Å². The second kappa shape index (κ2) is 5.99. The van der Waals surface area contributed by atoms with Crippen LogP contribution in [0.5, 0.6) is 0 Å². The summed E-state index contributed by atoms with van der Waals surface area (Å²) in [5.74, 6) is -0.370. The minimum atomic E-state index is -0.524. The highest BCUT2D eigenvalue weighted by molar-refractivity contribution is 5.78. The number of nitrogens with zero attached hydrogens (tertiary/aromatic N) is 1. The molecule has 0 aliphatic carbocycles. The Labute approximate surface area is 129 Å². The second-order valence-corrected chi connectivity index (χ2v) is 6.56. The molecule has 0 aliphatic rings. The van der Waals surface area contributed by atoms with Gasteiger partial charge in [0.2, 0.25) is 0 Å². The third-order valence-corrected chi connectivity index (χ3v) is 3.46. The van der Waals surface area contributed by atoms with Gasteiger partial charge >= 0.3 is 6.09 Å². The van der Waals surface area contributed by atoms with Crippen LogP contribution in [0.3, 0.4) is 0 Å². The van der Waals surface area contributed by atoms with Crippen LogP contribution in [-0.2, 0) is 11.2 Å². The summed E-state index contributed by atoms with van der Waals surface area (Å²) in [4.78, 5) is 13.6. The first-order valence-electron chi connectivity index (χ1n) is 7.29. The molecular weight excluding hydrogens is 285 g/mol. The van der Waals surface area contributed by atoms with Crippen molar-refractivity contribution in [1.82, 2.24) is 4.90 Å². The molecular formula is C17H22FNO3. The third kappa shape index (κ3) is 3.78. The van der Waals surface area contributed by atoms with Crippen LogP contribution < -0.4 is 0 Å². The van der Waals surface area contributed by atoms with Gasteiger partial charge in [0, 0.05) is 13.1 Å². The van der Waals surface area contributed by atoms with Crippen molar-refractivity contribution in [2.24, 2.45) is 0 Å². The number of benzene rings is 1. The number of likely N-dealkylation sites (N-methyl/N-ethyl adjacent to an activating group) is 1. The van der Waals surface area contributed by atoms with E-state index in [1.807, 2.05) is 33.8 Å². The highest BCUT2D eigenvalue weighted by Crippen LogP contribution is 2.22. The van der Waals surface area contributed by atoms with Crippen LogP contribution in [0.4, 0.5) is 9.18 Å². The molecule has 1 atom stereocenters. The van der Waals surface area contributed by atoms with Gasteiger partial charge in [-0.2, -0.15) is 0 Å². The number of amides is 1. The number of fused-ring (bicyclic) bond motifs is 1. The van der Waals surface area contributed by atoms with Crippen molar-refractivity contribution >= 4 is 17.1 Å². The van der Waals surface area contributed by atoms with Crippen LogP contribution in [-0.4, -0.2) is 29.7 Å². The molecule has 0 N–H and O–H groups in total. The third-order valence-electron chi connectivity index (χ3n) is 3.46. The van der Waals surface area contributed by atoms with Crippen molar-refractivity contribution in [2.45, 2.75) is 45.8 Å². The van der Waals surface area contributed by atoms with E-state index < -0.39 is 5.60 Å². The predicted octanol–water partition coefficient (Wildman–Crippen LogP) is 4.37.